The highest BCUT2D eigenvalue weighted by Crippen LogP contribution is 2.33. The highest BCUT2D eigenvalue weighted by Gasteiger charge is 2.21. The van der Waals surface area contributed by atoms with Gasteiger partial charge in [-0.1, -0.05) is 19.8 Å². The Morgan fingerprint density at radius 3 is 2.46 bits per heavy atom. The molecule has 0 amide bonds. The van der Waals surface area contributed by atoms with Crippen molar-refractivity contribution >= 4 is 0 Å². The largest absolute Gasteiger partial charge is 0.263 e. The minimum absolute atomic E-state index is 0.636. The number of rotatable bonds is 1. The summed E-state index contributed by atoms with van der Waals surface area (Å²) in [5.74, 6) is 3.51. The van der Waals surface area contributed by atoms with Crippen molar-refractivity contribution in [3.63, 3.8) is 0 Å². The van der Waals surface area contributed by atoms with E-state index >= 15 is 0 Å². The van der Waals surface area contributed by atoms with Crippen LogP contribution in [-0.4, -0.2) is 15.2 Å². The van der Waals surface area contributed by atoms with Gasteiger partial charge in [0.1, 0.15) is 11.6 Å². The first kappa shape index (κ1) is 8.73. The molecule has 13 heavy (non-hydrogen) atoms. The van der Waals surface area contributed by atoms with E-state index in [1.165, 1.54) is 25.7 Å². The van der Waals surface area contributed by atoms with Crippen molar-refractivity contribution in [3.8, 4) is 0 Å². The fourth-order valence-corrected chi connectivity index (χ4v) is 2.08. The first-order valence-electron chi connectivity index (χ1n) is 5.14. The van der Waals surface area contributed by atoms with Crippen LogP contribution in [0.1, 0.15) is 50.2 Å². The number of aromatic amines is 1. The molecule has 1 N–H and O–H groups in total. The van der Waals surface area contributed by atoms with Gasteiger partial charge in [-0.25, -0.2) is 4.98 Å². The lowest BCUT2D eigenvalue weighted by Crippen LogP contribution is -2.11. The van der Waals surface area contributed by atoms with Gasteiger partial charge in [-0.3, -0.25) is 5.10 Å². The quantitative estimate of drug-likeness (QED) is 0.719. The molecule has 72 valence electrons. The second-order valence-electron chi connectivity index (χ2n) is 4.22. The molecule has 0 bridgehead atoms. The normalized spacial score (nSPS) is 29.1. The summed E-state index contributed by atoms with van der Waals surface area (Å²) in [5.41, 5.74) is 0. The molecule has 1 aromatic heterocycles. The van der Waals surface area contributed by atoms with Crippen molar-refractivity contribution in [3.05, 3.63) is 11.6 Å². The number of aryl methyl sites for hydroxylation is 1. The van der Waals surface area contributed by atoms with E-state index in [9.17, 15) is 0 Å². The lowest BCUT2D eigenvalue weighted by molar-refractivity contribution is 0.340. The molecule has 1 heterocycles. The Hall–Kier alpha value is -0.860. The molecule has 0 atom stereocenters. The van der Waals surface area contributed by atoms with Crippen molar-refractivity contribution in [1.29, 1.82) is 0 Å². The van der Waals surface area contributed by atoms with Gasteiger partial charge in [0.15, 0.2) is 0 Å². The monoisotopic (exact) mass is 179 g/mol. The Labute approximate surface area is 79.0 Å². The van der Waals surface area contributed by atoms with Gasteiger partial charge in [0.2, 0.25) is 0 Å². The fourth-order valence-electron chi connectivity index (χ4n) is 2.08. The van der Waals surface area contributed by atoms with Crippen LogP contribution >= 0.6 is 0 Å². The molecule has 1 aliphatic rings. The summed E-state index contributed by atoms with van der Waals surface area (Å²) < 4.78 is 0. The molecule has 0 unspecified atom stereocenters. The average Bonchev–Trinajstić information content (AvgIpc) is 2.53. The van der Waals surface area contributed by atoms with Gasteiger partial charge in [-0.05, 0) is 25.7 Å². The third-order valence-corrected chi connectivity index (χ3v) is 3.02. The van der Waals surface area contributed by atoms with Crippen molar-refractivity contribution in [1.82, 2.24) is 15.2 Å². The van der Waals surface area contributed by atoms with E-state index in [2.05, 4.69) is 22.1 Å². The molecule has 0 saturated heterocycles. The summed E-state index contributed by atoms with van der Waals surface area (Å²) >= 11 is 0. The van der Waals surface area contributed by atoms with Gasteiger partial charge in [0.05, 0.1) is 0 Å². The summed E-state index contributed by atoms with van der Waals surface area (Å²) in [6.07, 6.45) is 5.22. The van der Waals surface area contributed by atoms with Crippen LogP contribution in [0.25, 0.3) is 0 Å². The van der Waals surface area contributed by atoms with Gasteiger partial charge in [-0.2, -0.15) is 5.10 Å². The molecule has 1 aliphatic carbocycles. The molecule has 0 aromatic carbocycles. The minimum atomic E-state index is 0.636. The number of hydrogen-bond acceptors (Lipinski definition) is 2. The summed E-state index contributed by atoms with van der Waals surface area (Å²) in [6, 6.07) is 0. The predicted molar refractivity (Wildman–Crippen MR) is 51.5 cm³/mol. The zero-order chi connectivity index (χ0) is 9.26. The third kappa shape index (κ3) is 1.90. The van der Waals surface area contributed by atoms with E-state index in [1.54, 1.807) is 0 Å². The fraction of sp³-hybridized carbons (Fsp3) is 0.800. The van der Waals surface area contributed by atoms with Gasteiger partial charge in [-0.15, -0.1) is 0 Å². The predicted octanol–water partition coefficient (Wildman–Crippen LogP) is 2.41. The van der Waals surface area contributed by atoms with Crippen LogP contribution in [0.2, 0.25) is 0 Å². The third-order valence-electron chi connectivity index (χ3n) is 3.02. The lowest BCUT2D eigenvalue weighted by Gasteiger charge is -2.24. The Bertz CT molecular complexity index is 271. The smallest absolute Gasteiger partial charge is 0.147 e. The summed E-state index contributed by atoms with van der Waals surface area (Å²) in [7, 11) is 0. The summed E-state index contributed by atoms with van der Waals surface area (Å²) in [6.45, 7) is 4.27. The molecule has 3 heteroatoms. The first-order chi connectivity index (χ1) is 6.25. The maximum atomic E-state index is 4.39. The van der Waals surface area contributed by atoms with Crippen molar-refractivity contribution in [2.45, 2.75) is 45.4 Å². The topological polar surface area (TPSA) is 41.6 Å². The standard InChI is InChI=1S/C10H17N3/c1-7-3-5-9(6-4-7)10-11-8(2)12-13-10/h7,9H,3-6H2,1-2H3,(H,11,12,13)/t7-,9+. The Balaban J connectivity index is 2.02. The maximum absolute atomic E-state index is 4.39. The molecule has 0 spiro atoms. The molecule has 1 saturated carbocycles. The zero-order valence-corrected chi connectivity index (χ0v) is 8.38. The maximum Gasteiger partial charge on any atom is 0.147 e. The van der Waals surface area contributed by atoms with E-state index in [4.69, 9.17) is 0 Å². The highest BCUT2D eigenvalue weighted by atomic mass is 15.2. The number of H-pyrrole nitrogens is 1. The van der Waals surface area contributed by atoms with Gasteiger partial charge < -0.3 is 0 Å². The minimum Gasteiger partial charge on any atom is -0.263 e. The Morgan fingerprint density at radius 2 is 1.92 bits per heavy atom. The van der Waals surface area contributed by atoms with Gasteiger partial charge in [0, 0.05) is 5.92 Å². The van der Waals surface area contributed by atoms with E-state index in [0.717, 1.165) is 17.6 Å². The van der Waals surface area contributed by atoms with Crippen LogP contribution in [-0.2, 0) is 0 Å². The highest BCUT2D eigenvalue weighted by molar-refractivity contribution is 4.98. The van der Waals surface area contributed by atoms with E-state index in [1.807, 2.05) is 6.92 Å². The van der Waals surface area contributed by atoms with E-state index < -0.39 is 0 Å². The molecule has 0 radical (unpaired) electrons. The Kier molecular flexibility index (Phi) is 2.34. The van der Waals surface area contributed by atoms with Crippen LogP contribution in [0, 0.1) is 12.8 Å². The lowest BCUT2D eigenvalue weighted by atomic mass is 9.83. The Morgan fingerprint density at radius 1 is 1.23 bits per heavy atom. The molecule has 2 rings (SSSR count). The first-order valence-corrected chi connectivity index (χ1v) is 5.14. The molecular formula is C10H17N3. The number of nitrogens with one attached hydrogen (secondary N) is 1. The van der Waals surface area contributed by atoms with Crippen molar-refractivity contribution < 1.29 is 0 Å². The van der Waals surface area contributed by atoms with Crippen molar-refractivity contribution in [2.24, 2.45) is 5.92 Å². The number of aromatic nitrogens is 3. The zero-order valence-electron chi connectivity index (χ0n) is 8.38. The number of hydrogen-bond donors (Lipinski definition) is 1. The molecule has 1 aromatic rings. The average molecular weight is 179 g/mol. The SMILES string of the molecule is Cc1n[nH]c([C@H]2CC[C@@H](C)CC2)n1. The summed E-state index contributed by atoms with van der Waals surface area (Å²) in [5, 5.41) is 7.10. The van der Waals surface area contributed by atoms with Crippen LogP contribution in [0.15, 0.2) is 0 Å². The molecule has 0 aliphatic heterocycles. The summed E-state index contributed by atoms with van der Waals surface area (Å²) in [4.78, 5) is 4.39. The van der Waals surface area contributed by atoms with Crippen molar-refractivity contribution in [2.75, 3.05) is 0 Å². The second-order valence-corrected chi connectivity index (χ2v) is 4.22. The molecule has 3 nitrogen and oxygen atoms in total. The molecular weight excluding hydrogens is 162 g/mol. The van der Waals surface area contributed by atoms with E-state index in [0.29, 0.717) is 5.92 Å². The van der Waals surface area contributed by atoms with Crippen LogP contribution in [0.4, 0.5) is 0 Å². The second kappa shape index (κ2) is 3.48. The van der Waals surface area contributed by atoms with Gasteiger partial charge in [0.25, 0.3) is 0 Å². The van der Waals surface area contributed by atoms with Gasteiger partial charge >= 0.3 is 0 Å². The van der Waals surface area contributed by atoms with Crippen LogP contribution in [0.3, 0.4) is 0 Å². The molecule has 1 fully saturated rings. The number of nitrogens with zero attached hydrogens (tertiary/aromatic N) is 2. The van der Waals surface area contributed by atoms with E-state index in [-0.39, 0.29) is 0 Å². The van der Waals surface area contributed by atoms with Crippen LogP contribution < -0.4 is 0 Å². The van der Waals surface area contributed by atoms with Crippen LogP contribution in [0.5, 0.6) is 0 Å².